The van der Waals surface area contributed by atoms with Gasteiger partial charge in [0.25, 0.3) is 5.91 Å². The molecule has 2 saturated carbocycles. The Balaban J connectivity index is 1.29. The minimum Gasteiger partial charge on any atom is -0.449 e. The highest BCUT2D eigenvalue weighted by Crippen LogP contribution is 2.45. The summed E-state index contributed by atoms with van der Waals surface area (Å²) in [6, 6.07) is 1.99. The highest BCUT2D eigenvalue weighted by atomic mass is 32.2. The van der Waals surface area contributed by atoms with E-state index in [4.69, 9.17) is 9.47 Å². The first-order valence-electron chi connectivity index (χ1n) is 17.7. The molecular formula is C35H44F3N5O9S. The predicted molar refractivity (Wildman–Crippen MR) is 181 cm³/mol. The van der Waals surface area contributed by atoms with Crippen LogP contribution in [0.3, 0.4) is 0 Å². The minimum atomic E-state index is -4.94. The van der Waals surface area contributed by atoms with Gasteiger partial charge in [-0.25, -0.2) is 18.0 Å². The van der Waals surface area contributed by atoms with Crippen LogP contribution in [0.2, 0.25) is 0 Å². The summed E-state index contributed by atoms with van der Waals surface area (Å²) in [6.45, 7) is 7.15. The molecule has 2 aliphatic carbocycles. The molecule has 3 N–H and O–H groups in total. The number of nitrogens with one attached hydrogen (secondary N) is 3. The topological polar surface area (TPSA) is 181 Å². The van der Waals surface area contributed by atoms with Crippen molar-refractivity contribution in [2.45, 2.75) is 113 Å². The van der Waals surface area contributed by atoms with E-state index in [1.165, 1.54) is 11.0 Å². The van der Waals surface area contributed by atoms with Gasteiger partial charge >= 0.3 is 18.4 Å². The number of sulfonamides is 1. The van der Waals surface area contributed by atoms with Crippen LogP contribution in [0.5, 0.6) is 0 Å². The SMILES string of the molecule is C=CC1CC1(NC(=O)C1CC2CN1C(=O)C(CC(F)(F)F)NC(=O)OCC(C)(C)CCCc1cccc3c1CN(C3)C(=O)O2)C(=O)NS(=O)(=O)C1CC1. The molecule has 5 aliphatic rings. The number of alkyl halides is 3. The van der Waals surface area contributed by atoms with Gasteiger partial charge in [0, 0.05) is 25.4 Å². The lowest BCUT2D eigenvalue weighted by molar-refractivity contribution is -0.156. The number of aryl methyl sites for hydroxylation is 1. The van der Waals surface area contributed by atoms with Crippen molar-refractivity contribution >= 4 is 39.9 Å². The lowest BCUT2D eigenvalue weighted by Gasteiger charge is -2.30. The zero-order valence-corrected chi connectivity index (χ0v) is 30.3. The molecule has 0 radical (unpaired) electrons. The van der Waals surface area contributed by atoms with Gasteiger partial charge in [-0.15, -0.1) is 6.58 Å². The summed E-state index contributed by atoms with van der Waals surface area (Å²) in [6.07, 6.45) is -6.24. The fourth-order valence-electron chi connectivity index (χ4n) is 7.37. The first-order valence-corrected chi connectivity index (χ1v) is 19.2. The molecule has 1 aromatic carbocycles. The number of nitrogens with zero attached hydrogens (tertiary/aromatic N) is 2. The van der Waals surface area contributed by atoms with E-state index in [9.17, 15) is 45.6 Å². The van der Waals surface area contributed by atoms with Crippen molar-refractivity contribution in [1.29, 1.82) is 0 Å². The Hall–Kier alpha value is -4.35. The molecule has 53 heavy (non-hydrogen) atoms. The van der Waals surface area contributed by atoms with Crippen molar-refractivity contribution < 1.29 is 55.0 Å². The van der Waals surface area contributed by atoms with E-state index in [1.807, 2.05) is 42.1 Å². The summed E-state index contributed by atoms with van der Waals surface area (Å²) in [5.74, 6) is -3.98. The molecule has 0 spiro atoms. The number of halogens is 3. The van der Waals surface area contributed by atoms with Crippen LogP contribution in [0.1, 0.15) is 75.5 Å². The molecule has 1 saturated heterocycles. The average Bonchev–Trinajstić information content (AvgIpc) is 3.96. The van der Waals surface area contributed by atoms with E-state index >= 15 is 0 Å². The number of cyclic esters (lactones) is 1. The van der Waals surface area contributed by atoms with Gasteiger partial charge in [0.15, 0.2) is 0 Å². The van der Waals surface area contributed by atoms with E-state index in [0.717, 1.165) is 21.6 Å². The highest BCUT2D eigenvalue weighted by Gasteiger charge is 2.62. The number of carbonyl (C=O) groups excluding carboxylic acids is 5. The number of alkyl carbamates (subject to hydrolysis) is 1. The Bertz CT molecular complexity index is 1800. The van der Waals surface area contributed by atoms with Gasteiger partial charge in [0.1, 0.15) is 23.7 Å². The number of carbonyl (C=O) groups is 5. The number of fused-ring (bicyclic) bond motifs is 3. The van der Waals surface area contributed by atoms with Crippen molar-refractivity contribution in [2.24, 2.45) is 11.3 Å². The Morgan fingerprint density at radius 3 is 2.51 bits per heavy atom. The second-order valence-corrected chi connectivity index (χ2v) is 17.4. The lowest BCUT2D eigenvalue weighted by Crippen LogP contribution is -2.58. The molecule has 3 fully saturated rings. The Labute approximate surface area is 305 Å². The van der Waals surface area contributed by atoms with Crippen molar-refractivity contribution in [3.05, 3.63) is 47.5 Å². The Morgan fingerprint density at radius 2 is 1.85 bits per heavy atom. The van der Waals surface area contributed by atoms with Crippen LogP contribution in [0.25, 0.3) is 0 Å². The van der Waals surface area contributed by atoms with Crippen molar-refractivity contribution in [3.63, 3.8) is 0 Å². The van der Waals surface area contributed by atoms with Crippen molar-refractivity contribution in [1.82, 2.24) is 25.2 Å². The van der Waals surface area contributed by atoms with Gasteiger partial charge in [-0.3, -0.25) is 24.0 Å². The maximum Gasteiger partial charge on any atom is 0.410 e. The fourth-order valence-corrected chi connectivity index (χ4v) is 8.74. The molecule has 5 atom stereocenters. The summed E-state index contributed by atoms with van der Waals surface area (Å²) < 4.78 is 79.9. The molecule has 4 bridgehead atoms. The number of hydrogen-bond acceptors (Lipinski definition) is 9. The first kappa shape index (κ1) is 38.4. The van der Waals surface area contributed by atoms with Gasteiger partial charge in [-0.05, 0) is 60.6 Å². The largest absolute Gasteiger partial charge is 0.449 e. The lowest BCUT2D eigenvalue weighted by atomic mass is 9.86. The Kier molecular flexibility index (Phi) is 10.2. The number of amides is 5. The second kappa shape index (κ2) is 14.1. The molecule has 0 aromatic heterocycles. The summed E-state index contributed by atoms with van der Waals surface area (Å²) >= 11 is 0. The minimum absolute atomic E-state index is 0.0225. The van der Waals surface area contributed by atoms with Gasteiger partial charge in [0.2, 0.25) is 21.8 Å². The molecule has 14 nitrogen and oxygen atoms in total. The molecule has 3 heterocycles. The van der Waals surface area contributed by atoms with Crippen LogP contribution < -0.4 is 15.4 Å². The van der Waals surface area contributed by atoms with Gasteiger partial charge in [-0.1, -0.05) is 38.1 Å². The maximum absolute atomic E-state index is 14.0. The molecular weight excluding hydrogens is 723 g/mol. The molecule has 5 unspecified atom stereocenters. The second-order valence-electron chi connectivity index (χ2n) is 15.5. The standard InChI is InChI=1S/C35H44F3N5O9S/c1-4-22-14-34(22,30(46)41-53(49,50)24-10-11-24)40-28(44)27-13-23-17-43(27)29(45)26(15-35(36,37)38)39-31(47)51-19-33(2,3)12-6-9-20-7-5-8-21-16-42(18-25(20)21)32(48)52-23/h4-5,7-8,22-24,26-27H,1,6,9-19H2,2-3H3,(H,39,47)(H,40,44)(H,41,46). The van der Waals surface area contributed by atoms with Crippen LogP contribution in [0.15, 0.2) is 30.9 Å². The third-order valence-electron chi connectivity index (χ3n) is 10.6. The van der Waals surface area contributed by atoms with Gasteiger partial charge in [0.05, 0.1) is 24.8 Å². The average molecular weight is 768 g/mol. The van der Waals surface area contributed by atoms with Crippen LogP contribution in [-0.4, -0.2) is 96.4 Å². The smallest absolute Gasteiger partial charge is 0.410 e. The monoisotopic (exact) mass is 767 g/mol. The summed E-state index contributed by atoms with van der Waals surface area (Å²) in [5, 5.41) is 3.82. The van der Waals surface area contributed by atoms with Crippen LogP contribution >= 0.6 is 0 Å². The number of benzene rings is 1. The third kappa shape index (κ3) is 8.57. The molecule has 18 heteroatoms. The fraction of sp³-hybridized carbons (Fsp3) is 0.629. The maximum atomic E-state index is 14.0. The predicted octanol–water partition coefficient (Wildman–Crippen LogP) is 3.19. The molecule has 6 rings (SSSR count). The van der Waals surface area contributed by atoms with Crippen LogP contribution in [0.4, 0.5) is 22.8 Å². The van der Waals surface area contributed by atoms with E-state index in [-0.39, 0.29) is 32.5 Å². The number of hydrogen-bond donors (Lipinski definition) is 3. The van der Waals surface area contributed by atoms with E-state index in [1.54, 1.807) is 0 Å². The van der Waals surface area contributed by atoms with Crippen molar-refractivity contribution in [2.75, 3.05) is 13.2 Å². The third-order valence-corrected chi connectivity index (χ3v) is 12.4. The van der Waals surface area contributed by atoms with Gasteiger partial charge < -0.3 is 25.0 Å². The number of ether oxygens (including phenoxy) is 2. The molecule has 1 aromatic rings. The van der Waals surface area contributed by atoms with E-state index < -0.39 is 99.4 Å². The Morgan fingerprint density at radius 1 is 1.13 bits per heavy atom. The molecule has 3 aliphatic heterocycles. The van der Waals surface area contributed by atoms with Crippen molar-refractivity contribution in [3.8, 4) is 0 Å². The summed E-state index contributed by atoms with van der Waals surface area (Å²) in [5.41, 5.74) is 0.608. The van der Waals surface area contributed by atoms with E-state index in [0.29, 0.717) is 32.1 Å². The first-order chi connectivity index (χ1) is 24.8. The van der Waals surface area contributed by atoms with Crippen LogP contribution in [0, 0.1) is 11.3 Å². The zero-order chi connectivity index (χ0) is 38.5. The number of rotatable bonds is 7. The summed E-state index contributed by atoms with van der Waals surface area (Å²) in [7, 11) is -4.02. The zero-order valence-electron chi connectivity index (χ0n) is 29.5. The van der Waals surface area contributed by atoms with E-state index in [2.05, 4.69) is 11.9 Å². The normalized spacial score (nSPS) is 29.1. The molecule has 5 amide bonds. The quantitative estimate of drug-likeness (QED) is 0.352. The highest BCUT2D eigenvalue weighted by molar-refractivity contribution is 7.91. The molecule has 290 valence electrons. The van der Waals surface area contributed by atoms with Gasteiger partial charge in [-0.2, -0.15) is 13.2 Å². The summed E-state index contributed by atoms with van der Waals surface area (Å²) in [4.78, 5) is 70.0. The van der Waals surface area contributed by atoms with Crippen LogP contribution in [-0.2, 0) is 53.4 Å².